The lowest BCUT2D eigenvalue weighted by molar-refractivity contribution is -0.140. The van der Waals surface area contributed by atoms with Crippen molar-refractivity contribution in [2.75, 3.05) is 26.7 Å². The fourth-order valence-electron chi connectivity index (χ4n) is 1.94. The molecular formula is C12H23N3O2. The van der Waals surface area contributed by atoms with Gasteiger partial charge in [-0.15, -0.1) is 0 Å². The first-order valence-electron chi connectivity index (χ1n) is 6.25. The normalized spacial score (nSPS) is 21.1. The Balaban J connectivity index is 2.42. The van der Waals surface area contributed by atoms with Gasteiger partial charge in [-0.2, -0.15) is 0 Å². The highest BCUT2D eigenvalue weighted by Gasteiger charge is 2.39. The quantitative estimate of drug-likeness (QED) is 0.668. The van der Waals surface area contributed by atoms with Gasteiger partial charge in [0.2, 0.25) is 11.8 Å². The molecule has 5 nitrogen and oxygen atoms in total. The first-order chi connectivity index (χ1) is 7.97. The molecule has 0 aliphatic carbocycles. The van der Waals surface area contributed by atoms with Crippen LogP contribution in [0, 0.1) is 0 Å². The molecule has 1 fully saturated rings. The summed E-state index contributed by atoms with van der Waals surface area (Å²) in [7, 11) is 2.03. The maximum atomic E-state index is 11.9. The van der Waals surface area contributed by atoms with Crippen LogP contribution in [0.5, 0.6) is 0 Å². The second-order valence-corrected chi connectivity index (χ2v) is 4.80. The maximum Gasteiger partial charge on any atom is 0.247 e. The number of likely N-dealkylation sites (N-methyl/N-ethyl adjacent to an activating group) is 1. The second kappa shape index (κ2) is 6.12. The molecule has 1 N–H and O–H groups in total. The van der Waals surface area contributed by atoms with Crippen molar-refractivity contribution < 1.29 is 9.59 Å². The molecule has 1 aliphatic heterocycles. The van der Waals surface area contributed by atoms with Crippen LogP contribution in [0.4, 0.5) is 0 Å². The number of amides is 2. The largest absolute Gasteiger partial charge is 0.305 e. The Bertz CT molecular complexity index is 291. The summed E-state index contributed by atoms with van der Waals surface area (Å²) in [4.78, 5) is 27.1. The van der Waals surface area contributed by atoms with Gasteiger partial charge in [-0.25, -0.2) is 0 Å². The Kier molecular flexibility index (Phi) is 5.08. The van der Waals surface area contributed by atoms with Crippen LogP contribution in [-0.4, -0.2) is 60.4 Å². The van der Waals surface area contributed by atoms with Crippen molar-refractivity contribution in [3.8, 4) is 0 Å². The molecule has 1 atom stereocenters. The Morgan fingerprint density at radius 2 is 2.12 bits per heavy atom. The van der Waals surface area contributed by atoms with Crippen LogP contribution in [0.15, 0.2) is 0 Å². The summed E-state index contributed by atoms with van der Waals surface area (Å²) in [6.07, 6.45) is 0.298. The predicted molar refractivity (Wildman–Crippen MR) is 66.6 cm³/mol. The predicted octanol–water partition coefficient (Wildman–Crippen LogP) is 0.0636. The van der Waals surface area contributed by atoms with E-state index in [0.717, 1.165) is 19.6 Å². The number of likely N-dealkylation sites (tertiary alicyclic amines) is 1. The minimum atomic E-state index is -0.324. The molecule has 0 bridgehead atoms. The van der Waals surface area contributed by atoms with Gasteiger partial charge < -0.3 is 10.2 Å². The van der Waals surface area contributed by atoms with Gasteiger partial charge in [0.05, 0.1) is 12.5 Å². The minimum Gasteiger partial charge on any atom is -0.305 e. The standard InChI is InChI=1S/C12H23N3O2/c1-5-14(4)7-6-13-10-8-11(16)15(9(2)3)12(10)17/h9-10,13H,5-8H2,1-4H3. The molecule has 2 amide bonds. The van der Waals surface area contributed by atoms with Gasteiger partial charge in [0.25, 0.3) is 0 Å². The average Bonchev–Trinajstić information content (AvgIpc) is 2.53. The fourth-order valence-corrected chi connectivity index (χ4v) is 1.94. The van der Waals surface area contributed by atoms with Crippen molar-refractivity contribution in [3.05, 3.63) is 0 Å². The number of imide groups is 1. The summed E-state index contributed by atoms with van der Waals surface area (Å²) in [6.45, 7) is 8.42. The third kappa shape index (κ3) is 3.51. The molecule has 98 valence electrons. The minimum absolute atomic E-state index is 0.0416. The molecule has 1 unspecified atom stereocenters. The third-order valence-electron chi connectivity index (χ3n) is 3.12. The zero-order chi connectivity index (χ0) is 13.0. The fraction of sp³-hybridized carbons (Fsp3) is 0.833. The number of carbonyl (C=O) groups is 2. The Hall–Kier alpha value is -0.940. The molecule has 17 heavy (non-hydrogen) atoms. The number of hydrogen-bond donors (Lipinski definition) is 1. The first-order valence-corrected chi connectivity index (χ1v) is 6.25. The zero-order valence-corrected chi connectivity index (χ0v) is 11.2. The Morgan fingerprint density at radius 1 is 1.47 bits per heavy atom. The van der Waals surface area contributed by atoms with Crippen molar-refractivity contribution in [3.63, 3.8) is 0 Å². The van der Waals surface area contributed by atoms with Crippen molar-refractivity contribution in [2.24, 2.45) is 0 Å². The number of nitrogens with one attached hydrogen (secondary N) is 1. The SMILES string of the molecule is CCN(C)CCNC1CC(=O)N(C(C)C)C1=O. The van der Waals surface area contributed by atoms with Crippen LogP contribution < -0.4 is 5.32 Å². The molecule has 1 heterocycles. The van der Waals surface area contributed by atoms with Gasteiger partial charge in [-0.3, -0.25) is 14.5 Å². The molecular weight excluding hydrogens is 218 g/mol. The van der Waals surface area contributed by atoms with E-state index in [1.165, 1.54) is 4.90 Å². The molecule has 0 aromatic rings. The topological polar surface area (TPSA) is 52.7 Å². The van der Waals surface area contributed by atoms with Crippen molar-refractivity contribution in [1.29, 1.82) is 0 Å². The van der Waals surface area contributed by atoms with Crippen LogP contribution in [0.2, 0.25) is 0 Å². The molecule has 0 saturated carbocycles. The highest BCUT2D eigenvalue weighted by Crippen LogP contribution is 2.15. The van der Waals surface area contributed by atoms with Crippen molar-refractivity contribution in [1.82, 2.24) is 15.1 Å². The highest BCUT2D eigenvalue weighted by atomic mass is 16.2. The molecule has 0 aromatic carbocycles. The smallest absolute Gasteiger partial charge is 0.247 e. The molecule has 0 radical (unpaired) electrons. The summed E-state index contributed by atoms with van der Waals surface area (Å²) in [5.41, 5.74) is 0. The molecule has 5 heteroatoms. The lowest BCUT2D eigenvalue weighted by atomic mass is 10.2. The van der Waals surface area contributed by atoms with E-state index in [2.05, 4.69) is 17.1 Å². The Morgan fingerprint density at radius 3 is 2.59 bits per heavy atom. The molecule has 1 aliphatic rings. The summed E-state index contributed by atoms with van der Waals surface area (Å²) < 4.78 is 0. The van der Waals surface area contributed by atoms with Crippen molar-refractivity contribution in [2.45, 2.75) is 39.3 Å². The van der Waals surface area contributed by atoms with E-state index >= 15 is 0 Å². The molecule has 0 spiro atoms. The van der Waals surface area contributed by atoms with Crippen LogP contribution in [0.3, 0.4) is 0 Å². The van der Waals surface area contributed by atoms with Gasteiger partial charge in [0.1, 0.15) is 0 Å². The van der Waals surface area contributed by atoms with Crippen LogP contribution in [0.25, 0.3) is 0 Å². The van der Waals surface area contributed by atoms with Crippen LogP contribution in [0.1, 0.15) is 27.2 Å². The van der Waals surface area contributed by atoms with E-state index in [0.29, 0.717) is 6.42 Å². The van der Waals surface area contributed by atoms with Gasteiger partial charge in [-0.1, -0.05) is 6.92 Å². The monoisotopic (exact) mass is 241 g/mol. The first kappa shape index (κ1) is 14.1. The molecule has 1 saturated heterocycles. The summed E-state index contributed by atoms with van der Waals surface area (Å²) in [5, 5.41) is 3.16. The van der Waals surface area contributed by atoms with Crippen molar-refractivity contribution >= 4 is 11.8 Å². The van der Waals surface area contributed by atoms with Gasteiger partial charge in [-0.05, 0) is 27.4 Å². The van der Waals surface area contributed by atoms with Gasteiger partial charge in [0.15, 0.2) is 0 Å². The lowest BCUT2D eigenvalue weighted by Gasteiger charge is -2.20. The van der Waals surface area contributed by atoms with E-state index in [1.807, 2.05) is 20.9 Å². The Labute approximate surface area is 103 Å². The number of carbonyl (C=O) groups excluding carboxylic acids is 2. The molecule has 1 rings (SSSR count). The summed E-state index contributed by atoms with van der Waals surface area (Å²) in [6, 6.07) is -0.365. The summed E-state index contributed by atoms with van der Waals surface area (Å²) >= 11 is 0. The number of nitrogens with zero attached hydrogens (tertiary/aromatic N) is 2. The second-order valence-electron chi connectivity index (χ2n) is 4.80. The van der Waals surface area contributed by atoms with Crippen LogP contribution >= 0.6 is 0 Å². The third-order valence-corrected chi connectivity index (χ3v) is 3.12. The van der Waals surface area contributed by atoms with E-state index in [9.17, 15) is 9.59 Å². The van der Waals surface area contributed by atoms with E-state index in [-0.39, 0.29) is 23.9 Å². The van der Waals surface area contributed by atoms with Gasteiger partial charge >= 0.3 is 0 Å². The van der Waals surface area contributed by atoms with E-state index in [4.69, 9.17) is 0 Å². The van der Waals surface area contributed by atoms with E-state index < -0.39 is 0 Å². The van der Waals surface area contributed by atoms with E-state index in [1.54, 1.807) is 0 Å². The highest BCUT2D eigenvalue weighted by molar-refractivity contribution is 6.05. The van der Waals surface area contributed by atoms with Gasteiger partial charge in [0, 0.05) is 19.1 Å². The zero-order valence-electron chi connectivity index (χ0n) is 11.2. The molecule has 0 aromatic heterocycles. The van der Waals surface area contributed by atoms with Crippen LogP contribution in [-0.2, 0) is 9.59 Å². The maximum absolute atomic E-state index is 11.9. The summed E-state index contributed by atoms with van der Waals surface area (Å²) in [5.74, 6) is -0.143. The number of hydrogen-bond acceptors (Lipinski definition) is 4. The average molecular weight is 241 g/mol. The lowest BCUT2D eigenvalue weighted by Crippen LogP contribution is -2.43. The number of rotatable bonds is 6.